The van der Waals surface area contributed by atoms with E-state index in [9.17, 15) is 9.59 Å². The summed E-state index contributed by atoms with van der Waals surface area (Å²) in [5.74, 6) is 2.77. The van der Waals surface area contributed by atoms with Gasteiger partial charge in [0.05, 0.1) is 74.8 Å². The summed E-state index contributed by atoms with van der Waals surface area (Å²) in [6, 6.07) is 23.1. The topological polar surface area (TPSA) is 192 Å². The molecule has 7 heterocycles. The van der Waals surface area contributed by atoms with Crippen LogP contribution in [0.25, 0.3) is 11.1 Å². The lowest BCUT2D eigenvalue weighted by atomic mass is 9.79. The minimum Gasteiger partial charge on any atom is -0.491 e. The van der Waals surface area contributed by atoms with Crippen LogP contribution in [0.15, 0.2) is 127 Å². The first kappa shape index (κ1) is 53.2. The minimum atomic E-state index is -0.356. The second-order valence-electron chi connectivity index (χ2n) is 17.9. The maximum Gasteiger partial charge on any atom is 0.494 e. The summed E-state index contributed by atoms with van der Waals surface area (Å²) in [6.07, 6.45) is 13.5. The van der Waals surface area contributed by atoms with Gasteiger partial charge >= 0.3 is 7.12 Å². The molecular formula is C52H60BBrN8O10. The number of rotatable bonds is 18. The zero-order valence-electron chi connectivity index (χ0n) is 41.4. The summed E-state index contributed by atoms with van der Waals surface area (Å²) < 4.78 is 45.8. The molecule has 72 heavy (non-hydrogen) atoms. The number of amides is 2. The average molecular weight is 1050 g/mol. The van der Waals surface area contributed by atoms with Gasteiger partial charge in [0.25, 0.3) is 0 Å². The normalized spacial score (nSPS) is 15.7. The van der Waals surface area contributed by atoms with E-state index in [-0.39, 0.29) is 55.2 Å². The van der Waals surface area contributed by atoms with Gasteiger partial charge in [0, 0.05) is 86.0 Å². The molecule has 3 saturated heterocycles. The van der Waals surface area contributed by atoms with Crippen molar-refractivity contribution in [3.63, 3.8) is 0 Å². The minimum absolute atomic E-state index is 0.00415. The average Bonchev–Trinajstić information content (AvgIpc) is 3.58. The lowest BCUT2D eigenvalue weighted by molar-refractivity contribution is -0.140. The molecule has 6 aromatic rings. The number of carbonyl (C=O) groups excluding carboxylic acids is 2. The van der Waals surface area contributed by atoms with E-state index in [0.717, 1.165) is 32.6 Å². The molecule has 2 amide bonds. The van der Waals surface area contributed by atoms with Crippen LogP contribution >= 0.6 is 15.9 Å². The summed E-state index contributed by atoms with van der Waals surface area (Å²) in [5, 5.41) is 0. The van der Waals surface area contributed by atoms with E-state index >= 15 is 0 Å². The lowest BCUT2D eigenvalue weighted by Gasteiger charge is -2.38. The van der Waals surface area contributed by atoms with Crippen molar-refractivity contribution < 1.29 is 47.3 Å². The van der Waals surface area contributed by atoms with Crippen molar-refractivity contribution in [2.75, 3.05) is 66.8 Å². The van der Waals surface area contributed by atoms with E-state index in [1.165, 1.54) is 0 Å². The van der Waals surface area contributed by atoms with Crippen molar-refractivity contribution in [3.05, 3.63) is 138 Å². The van der Waals surface area contributed by atoms with Crippen LogP contribution in [-0.4, -0.2) is 149 Å². The fourth-order valence-corrected chi connectivity index (χ4v) is 7.42. The van der Waals surface area contributed by atoms with Crippen molar-refractivity contribution in [1.82, 2.24) is 39.7 Å². The van der Waals surface area contributed by atoms with Gasteiger partial charge in [0.2, 0.25) is 23.6 Å². The number of ether oxygens (including phenoxy) is 6. The van der Waals surface area contributed by atoms with E-state index in [1.807, 2.05) is 94.4 Å². The third-order valence-corrected chi connectivity index (χ3v) is 12.4. The third-order valence-electron chi connectivity index (χ3n) is 12.0. The first-order valence-electron chi connectivity index (χ1n) is 23.5. The summed E-state index contributed by atoms with van der Waals surface area (Å²) in [4.78, 5) is 52.5. The highest BCUT2D eigenvalue weighted by atomic mass is 79.9. The summed E-state index contributed by atoms with van der Waals surface area (Å²) >= 11 is 3.32. The second kappa shape index (κ2) is 25.7. The Morgan fingerprint density at radius 1 is 0.611 bits per heavy atom. The maximum atomic E-state index is 12.3. The number of carbonyl (C=O) groups is 2. The molecule has 0 radical (unpaired) electrons. The van der Waals surface area contributed by atoms with Crippen molar-refractivity contribution in [2.24, 2.45) is 0 Å². The Labute approximate surface area is 429 Å². The van der Waals surface area contributed by atoms with Crippen LogP contribution in [0.3, 0.4) is 0 Å². The molecule has 0 aliphatic carbocycles. The lowest BCUT2D eigenvalue weighted by Crippen LogP contribution is -2.56. The van der Waals surface area contributed by atoms with Crippen LogP contribution in [-0.2, 0) is 41.2 Å². The van der Waals surface area contributed by atoms with E-state index in [1.54, 1.807) is 79.7 Å². The third kappa shape index (κ3) is 15.5. The van der Waals surface area contributed by atoms with E-state index in [0.29, 0.717) is 75.8 Å². The van der Waals surface area contributed by atoms with Crippen molar-refractivity contribution in [3.8, 4) is 34.4 Å². The van der Waals surface area contributed by atoms with Gasteiger partial charge in [-0.15, -0.1) is 0 Å². The zero-order chi connectivity index (χ0) is 50.9. The van der Waals surface area contributed by atoms with Gasteiger partial charge in [-0.2, -0.15) is 0 Å². The molecule has 0 saturated carbocycles. The fraction of sp³-hybridized carbons (Fsp3) is 0.385. The van der Waals surface area contributed by atoms with E-state index < -0.39 is 0 Å². The standard InChI is InChI=1S/C23H24N4O4.C15H23BO4.C14H13BrN4O2/c1-29-9-10-30-20-4-2-3-17(11-20)18-5-6-22(26-13-18)31-21-15-27(16-21)23(28)12-19-14-24-7-8-25-19;1-14(2)15(3,4)20-16(19-14)12-7-6-8-13(11-12)18-10-9-17-5;15-10-1-2-13(18-6-10)21-12-8-19(9-12)14(20)5-11-7-16-3-4-17-11/h2-8,11,13-14,21H,9-10,12,15-16H2,1H3;6-8,11H,9-10H2,1-5H3;1-4,6-7,12H,5,8-9H2. The monoisotopic (exact) mass is 1050 g/mol. The van der Waals surface area contributed by atoms with Crippen LogP contribution in [0.5, 0.6) is 23.3 Å². The van der Waals surface area contributed by atoms with E-state index in [4.69, 9.17) is 37.7 Å². The first-order chi connectivity index (χ1) is 34.8. The summed E-state index contributed by atoms with van der Waals surface area (Å²) in [7, 11) is 2.95. The predicted octanol–water partition coefficient (Wildman–Crippen LogP) is 5.87. The Hall–Kier alpha value is -6.58. The molecule has 3 aliphatic rings. The quantitative estimate of drug-likeness (QED) is 0.0733. The molecule has 0 spiro atoms. The molecule has 0 bridgehead atoms. The number of benzene rings is 2. The Morgan fingerprint density at radius 3 is 1.60 bits per heavy atom. The molecule has 9 rings (SSSR count). The highest BCUT2D eigenvalue weighted by Gasteiger charge is 2.51. The molecule has 0 unspecified atom stereocenters. The highest BCUT2D eigenvalue weighted by Crippen LogP contribution is 2.36. The van der Waals surface area contributed by atoms with Crippen molar-refractivity contribution >= 4 is 40.3 Å². The molecule has 378 valence electrons. The van der Waals surface area contributed by atoms with Gasteiger partial charge in [-0.25, -0.2) is 9.97 Å². The van der Waals surface area contributed by atoms with Gasteiger partial charge in [0.1, 0.15) is 36.9 Å². The number of halogens is 1. The number of nitrogens with zero attached hydrogens (tertiary/aromatic N) is 8. The number of pyridine rings is 2. The Balaban J connectivity index is 0.000000164. The fourth-order valence-electron chi connectivity index (χ4n) is 7.18. The van der Waals surface area contributed by atoms with Gasteiger partial charge in [-0.3, -0.25) is 29.5 Å². The van der Waals surface area contributed by atoms with Crippen LogP contribution in [0.4, 0.5) is 0 Å². The number of methoxy groups -OCH3 is 2. The largest absolute Gasteiger partial charge is 0.494 e. The predicted molar refractivity (Wildman–Crippen MR) is 272 cm³/mol. The molecule has 0 atom stereocenters. The molecule has 4 aromatic heterocycles. The molecule has 0 N–H and O–H groups in total. The summed E-state index contributed by atoms with van der Waals surface area (Å²) in [5.41, 5.74) is 3.65. The smallest absolute Gasteiger partial charge is 0.491 e. The van der Waals surface area contributed by atoms with Gasteiger partial charge in [-0.05, 0) is 91.0 Å². The van der Waals surface area contributed by atoms with Gasteiger partial charge < -0.3 is 47.5 Å². The number of aromatic nitrogens is 6. The van der Waals surface area contributed by atoms with Crippen molar-refractivity contribution in [2.45, 2.75) is 63.9 Å². The van der Waals surface area contributed by atoms with E-state index in [2.05, 4.69) is 45.8 Å². The van der Waals surface area contributed by atoms with Crippen LogP contribution < -0.4 is 24.4 Å². The molecule has 3 aliphatic heterocycles. The zero-order valence-corrected chi connectivity index (χ0v) is 43.0. The number of hydrogen-bond acceptors (Lipinski definition) is 16. The van der Waals surface area contributed by atoms with Gasteiger partial charge in [0.15, 0.2) is 0 Å². The first-order valence-corrected chi connectivity index (χ1v) is 24.3. The van der Waals surface area contributed by atoms with Crippen molar-refractivity contribution in [1.29, 1.82) is 0 Å². The SMILES string of the molecule is COCCOc1cccc(-c2ccc(OC3CN(C(=O)Cc4cnccn4)C3)nc2)c1.COCCOc1cccc(B2OC(C)(C)C(C)(C)O2)c1.O=C(Cc1cnccn1)N1CC(Oc2ccc(Br)cn2)C1. The molecule has 3 fully saturated rings. The van der Waals surface area contributed by atoms with Crippen LogP contribution in [0, 0.1) is 0 Å². The highest BCUT2D eigenvalue weighted by molar-refractivity contribution is 9.10. The van der Waals surface area contributed by atoms with Crippen LogP contribution in [0.2, 0.25) is 0 Å². The Morgan fingerprint density at radius 2 is 1.12 bits per heavy atom. The Bertz CT molecular complexity index is 2610. The molecule has 2 aromatic carbocycles. The number of likely N-dealkylation sites (tertiary alicyclic amines) is 2. The molecule has 18 nitrogen and oxygen atoms in total. The van der Waals surface area contributed by atoms with Gasteiger partial charge in [-0.1, -0.05) is 24.3 Å². The molecule has 20 heteroatoms. The Kier molecular flexibility index (Phi) is 19.0. The molecular weight excluding hydrogens is 987 g/mol. The summed E-state index contributed by atoms with van der Waals surface area (Å²) in [6.45, 7) is 12.6. The maximum absolute atomic E-state index is 12.3. The second-order valence-corrected chi connectivity index (χ2v) is 18.8. The van der Waals surface area contributed by atoms with Crippen LogP contribution in [0.1, 0.15) is 39.1 Å². The number of hydrogen-bond donors (Lipinski definition) is 0.